The number of carbonyl (C=O) groups excluding carboxylic acids is 1. The summed E-state index contributed by atoms with van der Waals surface area (Å²) in [6, 6.07) is 12.5. The van der Waals surface area contributed by atoms with Crippen LogP contribution in [0.3, 0.4) is 0 Å². The van der Waals surface area contributed by atoms with Crippen molar-refractivity contribution in [3.63, 3.8) is 0 Å². The zero-order chi connectivity index (χ0) is 22.0. The Labute approximate surface area is 184 Å². The quantitative estimate of drug-likeness (QED) is 0.443. The third-order valence-corrected chi connectivity index (χ3v) is 5.26. The number of halogens is 3. The summed E-state index contributed by atoms with van der Waals surface area (Å²) in [5.74, 6) is -0.833. The molecule has 2 aromatic heterocycles. The van der Waals surface area contributed by atoms with Crippen molar-refractivity contribution >= 4 is 27.7 Å². The lowest BCUT2D eigenvalue weighted by Crippen LogP contribution is -2.15. The number of nitrogens with one attached hydrogen (secondary N) is 1. The van der Waals surface area contributed by atoms with Crippen molar-refractivity contribution in [2.45, 2.75) is 20.0 Å². The minimum atomic E-state index is -0.473. The van der Waals surface area contributed by atoms with Crippen molar-refractivity contribution in [1.29, 1.82) is 0 Å². The van der Waals surface area contributed by atoms with Crippen LogP contribution in [0.1, 0.15) is 27.3 Å². The second-order valence-electron chi connectivity index (χ2n) is 6.88. The molecule has 158 valence electrons. The Balaban J connectivity index is 1.47. The molecule has 0 aliphatic rings. The van der Waals surface area contributed by atoms with Crippen molar-refractivity contribution in [2.75, 3.05) is 5.32 Å². The predicted octanol–water partition coefficient (Wildman–Crippen LogP) is 4.17. The summed E-state index contributed by atoms with van der Waals surface area (Å²) in [7, 11) is 0. The maximum atomic E-state index is 13.9. The normalized spacial score (nSPS) is 11.0. The third kappa shape index (κ3) is 4.69. The van der Waals surface area contributed by atoms with E-state index in [1.54, 1.807) is 48.1 Å². The van der Waals surface area contributed by atoms with Crippen molar-refractivity contribution < 1.29 is 13.6 Å². The predicted molar refractivity (Wildman–Crippen MR) is 114 cm³/mol. The minimum Gasteiger partial charge on any atom is -0.303 e. The first-order chi connectivity index (χ1) is 14.9. The average Bonchev–Trinajstić information content (AvgIpc) is 3.27. The topological polar surface area (TPSA) is 77.6 Å². The van der Waals surface area contributed by atoms with Crippen LogP contribution >= 0.6 is 15.9 Å². The van der Waals surface area contributed by atoms with Crippen LogP contribution in [0.25, 0.3) is 0 Å². The van der Waals surface area contributed by atoms with Gasteiger partial charge in [0, 0.05) is 11.8 Å². The molecule has 2 aromatic carbocycles. The molecule has 4 rings (SSSR count). The molecule has 4 aromatic rings. The van der Waals surface area contributed by atoms with Gasteiger partial charge in [0.2, 0.25) is 0 Å². The van der Waals surface area contributed by atoms with Gasteiger partial charge in [0.05, 0.1) is 23.3 Å². The molecule has 1 N–H and O–H groups in total. The Morgan fingerprint density at radius 3 is 2.58 bits per heavy atom. The van der Waals surface area contributed by atoms with Gasteiger partial charge < -0.3 is 5.32 Å². The number of hydrogen-bond donors (Lipinski definition) is 1. The molecule has 0 atom stereocenters. The van der Waals surface area contributed by atoms with Crippen LogP contribution < -0.4 is 5.32 Å². The summed E-state index contributed by atoms with van der Waals surface area (Å²) in [6.45, 7) is 2.30. The Kier molecular flexibility index (Phi) is 5.90. The van der Waals surface area contributed by atoms with Crippen LogP contribution in [0, 0.1) is 18.6 Å². The van der Waals surface area contributed by atoms with Crippen molar-refractivity contribution in [3.05, 3.63) is 93.3 Å². The number of rotatable bonds is 6. The van der Waals surface area contributed by atoms with Gasteiger partial charge in [-0.05, 0) is 46.6 Å². The van der Waals surface area contributed by atoms with E-state index in [9.17, 15) is 13.6 Å². The molecule has 31 heavy (non-hydrogen) atoms. The number of hydrogen-bond acceptors (Lipinski definition) is 4. The summed E-state index contributed by atoms with van der Waals surface area (Å²) < 4.78 is 30.6. The molecule has 0 spiro atoms. The SMILES string of the molecule is Cc1c(C(=O)Nc2nn(Cc3ccccc3F)cc2Br)nnn1Cc1ccc(F)cc1. The zero-order valence-electron chi connectivity index (χ0n) is 16.4. The highest BCUT2D eigenvalue weighted by Gasteiger charge is 2.19. The van der Waals surface area contributed by atoms with Crippen molar-refractivity contribution in [2.24, 2.45) is 0 Å². The first kappa shape index (κ1) is 20.9. The molecule has 0 aliphatic carbocycles. The van der Waals surface area contributed by atoms with Crippen LogP contribution in [-0.2, 0) is 13.1 Å². The van der Waals surface area contributed by atoms with Gasteiger partial charge in [0.1, 0.15) is 11.6 Å². The number of anilines is 1. The molecule has 0 unspecified atom stereocenters. The van der Waals surface area contributed by atoms with Gasteiger partial charge in [-0.3, -0.25) is 9.48 Å². The van der Waals surface area contributed by atoms with E-state index in [1.807, 2.05) is 0 Å². The standard InChI is InChI=1S/C21H17BrF2N6O/c1-13-19(26-28-30(13)10-14-6-8-16(23)9-7-14)21(31)25-20-17(22)12-29(27-20)11-15-4-2-3-5-18(15)24/h2-9,12H,10-11H2,1H3,(H,25,27,31). The summed E-state index contributed by atoms with van der Waals surface area (Å²) in [5, 5.41) is 15.0. The number of carbonyl (C=O) groups is 1. The van der Waals surface area contributed by atoms with Crippen molar-refractivity contribution in [3.8, 4) is 0 Å². The molecule has 0 saturated carbocycles. The molecular weight excluding hydrogens is 470 g/mol. The molecule has 0 bridgehead atoms. The lowest BCUT2D eigenvalue weighted by atomic mass is 10.2. The Bertz CT molecular complexity index is 1240. The number of nitrogens with zero attached hydrogens (tertiary/aromatic N) is 5. The maximum Gasteiger partial charge on any atom is 0.279 e. The van der Waals surface area contributed by atoms with Gasteiger partial charge >= 0.3 is 0 Å². The summed E-state index contributed by atoms with van der Waals surface area (Å²) >= 11 is 3.36. The number of amides is 1. The Morgan fingerprint density at radius 1 is 1.10 bits per heavy atom. The van der Waals surface area contributed by atoms with Gasteiger partial charge in [-0.2, -0.15) is 5.10 Å². The fourth-order valence-electron chi connectivity index (χ4n) is 3.01. The molecule has 7 nitrogen and oxygen atoms in total. The first-order valence-corrected chi connectivity index (χ1v) is 10.1. The molecule has 0 saturated heterocycles. The van der Waals surface area contributed by atoms with Crippen LogP contribution in [-0.4, -0.2) is 30.7 Å². The van der Waals surface area contributed by atoms with Crippen LogP contribution in [0.5, 0.6) is 0 Å². The van der Waals surface area contributed by atoms with Gasteiger partial charge in [-0.15, -0.1) is 5.10 Å². The van der Waals surface area contributed by atoms with Gasteiger partial charge in [0.15, 0.2) is 11.5 Å². The Hall–Kier alpha value is -3.40. The van der Waals surface area contributed by atoms with Crippen LogP contribution in [0.4, 0.5) is 14.6 Å². The van der Waals surface area contributed by atoms with E-state index in [1.165, 1.54) is 22.9 Å². The second-order valence-corrected chi connectivity index (χ2v) is 7.73. The van der Waals surface area contributed by atoms with Crippen molar-refractivity contribution in [1.82, 2.24) is 24.8 Å². The summed E-state index contributed by atoms with van der Waals surface area (Å²) in [6.07, 6.45) is 1.65. The lowest BCUT2D eigenvalue weighted by Gasteiger charge is -2.05. The fraction of sp³-hybridized carbons (Fsp3) is 0.143. The van der Waals surface area contributed by atoms with E-state index < -0.39 is 5.91 Å². The van der Waals surface area contributed by atoms with E-state index in [4.69, 9.17) is 0 Å². The lowest BCUT2D eigenvalue weighted by molar-refractivity contribution is 0.102. The zero-order valence-corrected chi connectivity index (χ0v) is 18.0. The van der Waals surface area contributed by atoms with E-state index in [0.29, 0.717) is 22.3 Å². The van der Waals surface area contributed by atoms with Crippen LogP contribution in [0.15, 0.2) is 59.2 Å². The molecule has 0 fully saturated rings. The first-order valence-electron chi connectivity index (χ1n) is 9.33. The minimum absolute atomic E-state index is 0.151. The van der Waals surface area contributed by atoms with Gasteiger partial charge in [0.25, 0.3) is 5.91 Å². The van der Waals surface area contributed by atoms with Gasteiger partial charge in [-0.25, -0.2) is 13.5 Å². The molecular formula is C21H17BrF2N6O. The number of benzene rings is 2. The fourth-order valence-corrected chi connectivity index (χ4v) is 3.43. The monoisotopic (exact) mass is 486 g/mol. The summed E-state index contributed by atoms with van der Waals surface area (Å²) in [4.78, 5) is 12.7. The largest absolute Gasteiger partial charge is 0.303 e. The highest BCUT2D eigenvalue weighted by molar-refractivity contribution is 9.10. The van der Waals surface area contributed by atoms with E-state index in [2.05, 4.69) is 36.7 Å². The third-order valence-electron chi connectivity index (χ3n) is 4.68. The molecule has 10 heteroatoms. The highest BCUT2D eigenvalue weighted by Crippen LogP contribution is 2.22. The molecule has 1 amide bonds. The average molecular weight is 487 g/mol. The molecule has 0 aliphatic heterocycles. The maximum absolute atomic E-state index is 13.9. The van der Waals surface area contributed by atoms with Gasteiger partial charge in [-0.1, -0.05) is 35.5 Å². The Morgan fingerprint density at radius 2 is 1.84 bits per heavy atom. The van der Waals surface area contributed by atoms with Crippen LogP contribution in [0.2, 0.25) is 0 Å². The molecule has 0 radical (unpaired) electrons. The van der Waals surface area contributed by atoms with E-state index in [0.717, 1.165) is 5.56 Å². The smallest absolute Gasteiger partial charge is 0.279 e. The van der Waals surface area contributed by atoms with E-state index in [-0.39, 0.29) is 29.7 Å². The van der Waals surface area contributed by atoms with E-state index >= 15 is 0 Å². The second kappa shape index (κ2) is 8.76. The number of aromatic nitrogens is 5. The molecule has 2 heterocycles. The summed E-state index contributed by atoms with van der Waals surface area (Å²) in [5.41, 5.74) is 2.02. The highest BCUT2D eigenvalue weighted by atomic mass is 79.9.